The first kappa shape index (κ1) is 11.3. The molecule has 1 fully saturated rings. The second kappa shape index (κ2) is 4.62. The topological polar surface area (TPSA) is 48.1 Å². The molecule has 1 atom stereocenters. The molecule has 3 nitrogen and oxygen atoms in total. The molecule has 14 heavy (non-hydrogen) atoms. The van der Waals surface area contributed by atoms with Gasteiger partial charge in [-0.05, 0) is 24.8 Å². The summed E-state index contributed by atoms with van der Waals surface area (Å²) in [6.45, 7) is 0. The molecule has 1 aromatic rings. The van der Waals surface area contributed by atoms with Crippen LogP contribution in [0.1, 0.15) is 24.6 Å². The summed E-state index contributed by atoms with van der Waals surface area (Å²) in [5.74, 6) is 1.47. The fourth-order valence-electron chi connectivity index (χ4n) is 1.43. The van der Waals surface area contributed by atoms with E-state index in [2.05, 4.69) is 4.98 Å². The summed E-state index contributed by atoms with van der Waals surface area (Å²) < 4.78 is 5.11. The van der Waals surface area contributed by atoms with Crippen molar-refractivity contribution in [1.29, 1.82) is 0 Å². The van der Waals surface area contributed by atoms with Gasteiger partial charge in [-0.3, -0.25) is 4.98 Å². The van der Waals surface area contributed by atoms with E-state index in [1.165, 1.54) is 12.8 Å². The predicted octanol–water partition coefficient (Wildman–Crippen LogP) is 1.92. The average molecular weight is 215 g/mol. The molecular weight excluding hydrogens is 200 g/mol. The number of nitrogens with two attached hydrogens (primary N) is 1. The molecule has 2 rings (SSSR count). The number of pyridine rings is 1. The van der Waals surface area contributed by atoms with Crippen LogP contribution in [0.25, 0.3) is 0 Å². The SMILES string of the molecule is COc1ccnc(C(N)C2CC2)c1.Cl. The van der Waals surface area contributed by atoms with Crippen molar-refractivity contribution in [3.63, 3.8) is 0 Å². The maximum Gasteiger partial charge on any atom is 0.122 e. The molecule has 1 aliphatic carbocycles. The van der Waals surface area contributed by atoms with Crippen molar-refractivity contribution in [1.82, 2.24) is 4.98 Å². The van der Waals surface area contributed by atoms with Gasteiger partial charge in [0.05, 0.1) is 12.8 Å². The summed E-state index contributed by atoms with van der Waals surface area (Å²) in [5, 5.41) is 0. The van der Waals surface area contributed by atoms with Crippen LogP contribution < -0.4 is 10.5 Å². The van der Waals surface area contributed by atoms with Crippen LogP contribution >= 0.6 is 12.4 Å². The van der Waals surface area contributed by atoms with E-state index in [4.69, 9.17) is 10.5 Å². The van der Waals surface area contributed by atoms with Gasteiger partial charge in [0.15, 0.2) is 0 Å². The predicted molar refractivity (Wildman–Crippen MR) is 57.7 cm³/mol. The largest absolute Gasteiger partial charge is 0.497 e. The maximum atomic E-state index is 6.01. The van der Waals surface area contributed by atoms with Crippen molar-refractivity contribution in [2.45, 2.75) is 18.9 Å². The fraction of sp³-hybridized carbons (Fsp3) is 0.500. The Labute approximate surface area is 90.1 Å². The number of methoxy groups -OCH3 is 1. The zero-order valence-corrected chi connectivity index (χ0v) is 8.96. The summed E-state index contributed by atoms with van der Waals surface area (Å²) in [6.07, 6.45) is 4.22. The molecule has 78 valence electrons. The van der Waals surface area contributed by atoms with Gasteiger partial charge in [-0.15, -0.1) is 12.4 Å². The average Bonchev–Trinajstić information content (AvgIpc) is 3.00. The van der Waals surface area contributed by atoms with Crippen molar-refractivity contribution in [3.8, 4) is 5.75 Å². The number of ether oxygens (including phenoxy) is 1. The molecule has 0 radical (unpaired) electrons. The molecule has 2 N–H and O–H groups in total. The van der Waals surface area contributed by atoms with E-state index in [0.29, 0.717) is 5.92 Å². The molecule has 0 amide bonds. The lowest BCUT2D eigenvalue weighted by Gasteiger charge is -2.10. The third-order valence-electron chi connectivity index (χ3n) is 2.46. The summed E-state index contributed by atoms with van der Waals surface area (Å²) in [6, 6.07) is 3.85. The summed E-state index contributed by atoms with van der Waals surface area (Å²) in [5.41, 5.74) is 6.95. The zero-order valence-electron chi connectivity index (χ0n) is 8.14. The third kappa shape index (κ3) is 2.36. The van der Waals surface area contributed by atoms with Crippen LogP contribution in [0.2, 0.25) is 0 Å². The number of hydrogen-bond donors (Lipinski definition) is 1. The number of hydrogen-bond acceptors (Lipinski definition) is 3. The van der Waals surface area contributed by atoms with Crippen LogP contribution in [0.3, 0.4) is 0 Å². The second-order valence-corrected chi connectivity index (χ2v) is 3.48. The van der Waals surface area contributed by atoms with Gasteiger partial charge in [0.2, 0.25) is 0 Å². The molecule has 1 unspecified atom stereocenters. The third-order valence-corrected chi connectivity index (χ3v) is 2.46. The molecule has 1 heterocycles. The molecule has 4 heteroatoms. The molecule has 0 saturated heterocycles. The Morgan fingerprint density at radius 1 is 1.57 bits per heavy atom. The Balaban J connectivity index is 0.000000980. The summed E-state index contributed by atoms with van der Waals surface area (Å²) >= 11 is 0. The van der Waals surface area contributed by atoms with Crippen LogP contribution in [-0.2, 0) is 0 Å². The Morgan fingerprint density at radius 3 is 2.86 bits per heavy atom. The molecular formula is C10H15ClN2O. The molecule has 0 aromatic carbocycles. The van der Waals surface area contributed by atoms with Crippen molar-refractivity contribution in [2.24, 2.45) is 11.7 Å². The number of rotatable bonds is 3. The Bertz CT molecular complexity index is 302. The van der Waals surface area contributed by atoms with E-state index in [0.717, 1.165) is 11.4 Å². The van der Waals surface area contributed by atoms with Gasteiger partial charge in [-0.25, -0.2) is 0 Å². The van der Waals surface area contributed by atoms with E-state index < -0.39 is 0 Å². The van der Waals surface area contributed by atoms with Gasteiger partial charge < -0.3 is 10.5 Å². The van der Waals surface area contributed by atoms with Crippen molar-refractivity contribution < 1.29 is 4.74 Å². The Hall–Kier alpha value is -0.800. The van der Waals surface area contributed by atoms with Crippen LogP contribution in [0, 0.1) is 5.92 Å². The molecule has 1 aliphatic rings. The van der Waals surface area contributed by atoms with E-state index in [1.807, 2.05) is 12.1 Å². The quantitative estimate of drug-likeness (QED) is 0.837. The maximum absolute atomic E-state index is 6.01. The Morgan fingerprint density at radius 2 is 2.29 bits per heavy atom. The van der Waals surface area contributed by atoms with Gasteiger partial charge in [-0.2, -0.15) is 0 Å². The highest BCUT2D eigenvalue weighted by molar-refractivity contribution is 5.85. The minimum Gasteiger partial charge on any atom is -0.497 e. The van der Waals surface area contributed by atoms with Gasteiger partial charge >= 0.3 is 0 Å². The number of aromatic nitrogens is 1. The minimum absolute atomic E-state index is 0. The zero-order chi connectivity index (χ0) is 9.26. The van der Waals surface area contributed by atoms with Crippen LogP contribution in [0.5, 0.6) is 5.75 Å². The molecule has 0 aliphatic heterocycles. The van der Waals surface area contributed by atoms with Gasteiger partial charge in [0, 0.05) is 18.3 Å². The summed E-state index contributed by atoms with van der Waals surface area (Å²) in [4.78, 5) is 4.24. The van der Waals surface area contributed by atoms with Crippen molar-refractivity contribution in [2.75, 3.05) is 7.11 Å². The lowest BCUT2D eigenvalue weighted by Crippen LogP contribution is -2.13. The smallest absolute Gasteiger partial charge is 0.122 e. The number of halogens is 1. The lowest BCUT2D eigenvalue weighted by atomic mass is 10.1. The van der Waals surface area contributed by atoms with Crippen molar-refractivity contribution >= 4 is 12.4 Å². The van der Waals surface area contributed by atoms with Crippen LogP contribution in [0.4, 0.5) is 0 Å². The fourth-order valence-corrected chi connectivity index (χ4v) is 1.43. The van der Waals surface area contributed by atoms with Crippen LogP contribution in [0.15, 0.2) is 18.3 Å². The van der Waals surface area contributed by atoms with Gasteiger partial charge in [0.25, 0.3) is 0 Å². The standard InChI is InChI=1S/C10H14N2O.ClH/c1-13-8-4-5-12-9(6-8)10(11)7-2-3-7;/h4-7,10H,2-3,11H2,1H3;1H. The first-order valence-corrected chi connectivity index (χ1v) is 4.57. The van der Waals surface area contributed by atoms with Crippen molar-refractivity contribution in [3.05, 3.63) is 24.0 Å². The monoisotopic (exact) mass is 214 g/mol. The van der Waals surface area contributed by atoms with Gasteiger partial charge in [0.1, 0.15) is 5.75 Å². The first-order valence-electron chi connectivity index (χ1n) is 4.57. The highest BCUT2D eigenvalue weighted by Gasteiger charge is 2.30. The first-order chi connectivity index (χ1) is 6.31. The van der Waals surface area contributed by atoms with Crippen LogP contribution in [-0.4, -0.2) is 12.1 Å². The summed E-state index contributed by atoms with van der Waals surface area (Å²) in [7, 11) is 1.65. The number of nitrogens with zero attached hydrogens (tertiary/aromatic N) is 1. The normalized spacial score (nSPS) is 17.0. The molecule has 1 aromatic heterocycles. The lowest BCUT2D eigenvalue weighted by molar-refractivity contribution is 0.412. The van der Waals surface area contributed by atoms with E-state index >= 15 is 0 Å². The molecule has 1 saturated carbocycles. The second-order valence-electron chi connectivity index (χ2n) is 3.48. The minimum atomic E-state index is 0. The van der Waals surface area contributed by atoms with Gasteiger partial charge in [-0.1, -0.05) is 0 Å². The highest BCUT2D eigenvalue weighted by Crippen LogP contribution is 2.39. The molecule has 0 spiro atoms. The van der Waals surface area contributed by atoms with E-state index in [-0.39, 0.29) is 18.4 Å². The molecule has 0 bridgehead atoms. The van der Waals surface area contributed by atoms with E-state index in [9.17, 15) is 0 Å². The van der Waals surface area contributed by atoms with E-state index in [1.54, 1.807) is 13.3 Å². The Kier molecular flexibility index (Phi) is 3.72. The highest BCUT2D eigenvalue weighted by atomic mass is 35.5.